The third-order valence-corrected chi connectivity index (χ3v) is 5.38. The Kier molecular flexibility index (Phi) is 14.9. The third kappa shape index (κ3) is 11.5. The van der Waals surface area contributed by atoms with Crippen LogP contribution in [0.15, 0.2) is 0 Å². The first-order valence-corrected chi connectivity index (χ1v) is 11.5. The molecule has 0 aliphatic heterocycles. The molecule has 0 aromatic carbocycles. The van der Waals surface area contributed by atoms with Gasteiger partial charge in [-0.05, 0) is 39.0 Å². The fourth-order valence-corrected chi connectivity index (χ4v) is 3.40. The number of likely N-dealkylation sites (N-methyl/N-ethyl adjacent to an activating group) is 2. The number of hydrogen-bond acceptors (Lipinski definition) is 10. The standard InChI is InChI=1S/C22H38N2O10/c1-5-23(6-2)16(24(7-3)8-4)15-33-19(28)13-22(32,21(30)31)14-20(29)34-18(27)12-10-9-11-17(25)26/h16,32H,5-15H2,1-4H3,(H,25,26)(H,30,31). The van der Waals surface area contributed by atoms with E-state index in [1.165, 1.54) is 0 Å². The van der Waals surface area contributed by atoms with Crippen LogP contribution in [0.5, 0.6) is 0 Å². The summed E-state index contributed by atoms with van der Waals surface area (Å²) in [5.41, 5.74) is -2.81. The molecule has 12 heteroatoms. The van der Waals surface area contributed by atoms with Crippen LogP contribution in [-0.2, 0) is 33.4 Å². The summed E-state index contributed by atoms with van der Waals surface area (Å²) in [5, 5.41) is 28.3. The van der Waals surface area contributed by atoms with Crippen molar-refractivity contribution in [3.63, 3.8) is 0 Å². The van der Waals surface area contributed by atoms with Crippen molar-refractivity contribution in [1.29, 1.82) is 0 Å². The summed E-state index contributed by atoms with van der Waals surface area (Å²) in [5.74, 6) is -6.16. The fourth-order valence-electron chi connectivity index (χ4n) is 3.40. The molecular formula is C22H38N2O10. The molecule has 0 radical (unpaired) electrons. The first-order chi connectivity index (χ1) is 15.9. The Morgan fingerprint density at radius 3 is 1.68 bits per heavy atom. The van der Waals surface area contributed by atoms with Gasteiger partial charge in [-0.15, -0.1) is 0 Å². The first-order valence-electron chi connectivity index (χ1n) is 11.5. The van der Waals surface area contributed by atoms with Crippen molar-refractivity contribution in [2.24, 2.45) is 0 Å². The van der Waals surface area contributed by atoms with Crippen molar-refractivity contribution < 1.29 is 48.8 Å². The number of hydrogen-bond donors (Lipinski definition) is 3. The molecule has 0 amide bonds. The maximum absolute atomic E-state index is 12.3. The van der Waals surface area contributed by atoms with E-state index in [1.54, 1.807) is 0 Å². The lowest BCUT2D eigenvalue weighted by molar-refractivity contribution is -0.176. The molecule has 0 bridgehead atoms. The van der Waals surface area contributed by atoms with Crippen LogP contribution in [0.1, 0.15) is 66.2 Å². The zero-order valence-corrected chi connectivity index (χ0v) is 20.4. The van der Waals surface area contributed by atoms with E-state index in [4.69, 9.17) is 9.84 Å². The molecule has 3 N–H and O–H groups in total. The van der Waals surface area contributed by atoms with Crippen molar-refractivity contribution in [3.05, 3.63) is 0 Å². The van der Waals surface area contributed by atoms with Crippen LogP contribution in [0.25, 0.3) is 0 Å². The summed E-state index contributed by atoms with van der Waals surface area (Å²) in [6.07, 6.45) is -2.41. The largest absolute Gasteiger partial charge is 0.481 e. The second-order valence-electron chi connectivity index (χ2n) is 7.74. The molecular weight excluding hydrogens is 452 g/mol. The number of aliphatic carboxylic acids is 2. The number of unbranched alkanes of at least 4 members (excludes halogenated alkanes) is 1. The average Bonchev–Trinajstić information content (AvgIpc) is 2.75. The molecule has 0 rings (SSSR count). The number of rotatable bonds is 18. The number of carboxylic acid groups (broad SMARTS) is 2. The van der Waals surface area contributed by atoms with Gasteiger partial charge in [0.25, 0.3) is 0 Å². The molecule has 1 atom stereocenters. The first kappa shape index (κ1) is 31.4. The number of esters is 3. The Balaban J connectivity index is 4.97. The van der Waals surface area contributed by atoms with E-state index < -0.39 is 48.3 Å². The topological polar surface area (TPSA) is 171 Å². The van der Waals surface area contributed by atoms with Gasteiger partial charge in [-0.2, -0.15) is 0 Å². The lowest BCUT2D eigenvalue weighted by Crippen LogP contribution is -2.51. The van der Waals surface area contributed by atoms with Crippen molar-refractivity contribution >= 4 is 29.8 Å². The summed E-state index contributed by atoms with van der Waals surface area (Å²) >= 11 is 0. The third-order valence-electron chi connectivity index (χ3n) is 5.38. The normalized spacial score (nSPS) is 13.1. The van der Waals surface area contributed by atoms with Gasteiger partial charge in [0.05, 0.1) is 19.0 Å². The zero-order chi connectivity index (χ0) is 26.3. The highest BCUT2D eigenvalue weighted by Crippen LogP contribution is 2.19. The number of carboxylic acids is 2. The van der Waals surface area contributed by atoms with Gasteiger partial charge in [0, 0.05) is 12.8 Å². The SMILES string of the molecule is CCN(CC)C(COC(=O)CC(O)(CC(=O)OC(=O)CCCCC(=O)O)C(=O)O)N(CC)CC. The van der Waals surface area contributed by atoms with Crippen LogP contribution < -0.4 is 0 Å². The van der Waals surface area contributed by atoms with E-state index >= 15 is 0 Å². The number of aliphatic hydroxyl groups is 1. The van der Waals surface area contributed by atoms with Crippen LogP contribution >= 0.6 is 0 Å². The molecule has 196 valence electrons. The van der Waals surface area contributed by atoms with Gasteiger partial charge in [-0.25, -0.2) is 4.79 Å². The average molecular weight is 491 g/mol. The van der Waals surface area contributed by atoms with Crippen molar-refractivity contribution in [2.45, 2.75) is 78.0 Å². The Morgan fingerprint density at radius 2 is 1.24 bits per heavy atom. The summed E-state index contributed by atoms with van der Waals surface area (Å²) in [6, 6.07) is 0. The summed E-state index contributed by atoms with van der Waals surface area (Å²) < 4.78 is 9.74. The van der Waals surface area contributed by atoms with Crippen LogP contribution in [0, 0.1) is 0 Å². The molecule has 12 nitrogen and oxygen atoms in total. The van der Waals surface area contributed by atoms with Gasteiger partial charge in [-0.1, -0.05) is 27.7 Å². The molecule has 0 aromatic rings. The maximum atomic E-state index is 12.3. The van der Waals surface area contributed by atoms with Crippen LogP contribution in [-0.4, -0.2) is 99.5 Å². The van der Waals surface area contributed by atoms with E-state index in [-0.39, 0.29) is 38.5 Å². The number of carbonyl (C=O) groups is 5. The van der Waals surface area contributed by atoms with Crippen LogP contribution in [0.2, 0.25) is 0 Å². The highest BCUT2D eigenvalue weighted by molar-refractivity contribution is 5.92. The molecule has 34 heavy (non-hydrogen) atoms. The Bertz CT molecular complexity index is 679. The predicted molar refractivity (Wildman–Crippen MR) is 120 cm³/mol. The van der Waals surface area contributed by atoms with Gasteiger partial charge < -0.3 is 24.8 Å². The molecule has 0 saturated heterocycles. The predicted octanol–water partition coefficient (Wildman–Crippen LogP) is 0.850. The highest BCUT2D eigenvalue weighted by Gasteiger charge is 2.42. The lowest BCUT2D eigenvalue weighted by atomic mass is 9.96. The summed E-state index contributed by atoms with van der Waals surface area (Å²) in [7, 11) is 0. The van der Waals surface area contributed by atoms with Gasteiger partial charge in [0.1, 0.15) is 6.61 Å². The minimum absolute atomic E-state index is 0.0584. The molecule has 0 spiro atoms. The van der Waals surface area contributed by atoms with Gasteiger partial charge in [-0.3, -0.25) is 29.0 Å². The lowest BCUT2D eigenvalue weighted by Gasteiger charge is -2.37. The zero-order valence-electron chi connectivity index (χ0n) is 20.4. The quantitative estimate of drug-likeness (QED) is 0.107. The summed E-state index contributed by atoms with van der Waals surface area (Å²) in [4.78, 5) is 62.2. The molecule has 0 aromatic heterocycles. The molecule has 0 fully saturated rings. The van der Waals surface area contributed by atoms with E-state index in [1.807, 2.05) is 27.7 Å². The highest BCUT2D eigenvalue weighted by atomic mass is 16.6. The smallest absolute Gasteiger partial charge is 0.336 e. The Morgan fingerprint density at radius 1 is 0.765 bits per heavy atom. The molecule has 0 aliphatic rings. The molecule has 0 aliphatic carbocycles. The maximum Gasteiger partial charge on any atom is 0.336 e. The molecule has 0 saturated carbocycles. The van der Waals surface area contributed by atoms with E-state index in [0.29, 0.717) is 26.2 Å². The van der Waals surface area contributed by atoms with Crippen LogP contribution in [0.4, 0.5) is 0 Å². The van der Waals surface area contributed by atoms with Gasteiger partial charge >= 0.3 is 29.8 Å². The number of nitrogens with zero attached hydrogens (tertiary/aromatic N) is 2. The second-order valence-corrected chi connectivity index (χ2v) is 7.74. The number of ether oxygens (including phenoxy) is 2. The fraction of sp³-hybridized carbons (Fsp3) is 0.773. The minimum Gasteiger partial charge on any atom is -0.481 e. The second kappa shape index (κ2) is 16.1. The van der Waals surface area contributed by atoms with Gasteiger partial charge in [0.2, 0.25) is 0 Å². The van der Waals surface area contributed by atoms with Crippen molar-refractivity contribution in [3.8, 4) is 0 Å². The Labute approximate surface area is 199 Å². The monoisotopic (exact) mass is 490 g/mol. The summed E-state index contributed by atoms with van der Waals surface area (Å²) in [6.45, 7) is 10.6. The molecule has 0 heterocycles. The van der Waals surface area contributed by atoms with Crippen molar-refractivity contribution in [2.75, 3.05) is 32.8 Å². The van der Waals surface area contributed by atoms with E-state index in [9.17, 15) is 34.2 Å². The van der Waals surface area contributed by atoms with Gasteiger partial charge in [0.15, 0.2) is 5.60 Å². The minimum atomic E-state index is -2.81. The molecule has 1 unspecified atom stereocenters. The number of carbonyl (C=O) groups excluding carboxylic acids is 3. The van der Waals surface area contributed by atoms with Crippen molar-refractivity contribution in [1.82, 2.24) is 9.80 Å². The van der Waals surface area contributed by atoms with E-state index in [2.05, 4.69) is 14.5 Å². The van der Waals surface area contributed by atoms with E-state index in [0.717, 1.165) is 0 Å². The van der Waals surface area contributed by atoms with Crippen LogP contribution in [0.3, 0.4) is 0 Å². The Hall–Kier alpha value is -2.57.